The lowest BCUT2D eigenvalue weighted by Crippen LogP contribution is -2.31. The van der Waals surface area contributed by atoms with Crippen molar-refractivity contribution >= 4 is 0 Å². The first-order chi connectivity index (χ1) is 8.22. The number of benzene rings is 1. The summed E-state index contributed by atoms with van der Waals surface area (Å²) in [4.78, 5) is 0. The number of hydrogen-bond donors (Lipinski definition) is 2. The van der Waals surface area contributed by atoms with Gasteiger partial charge in [-0.2, -0.15) is 0 Å². The van der Waals surface area contributed by atoms with E-state index in [0.29, 0.717) is 0 Å². The monoisotopic (exact) mass is 236 g/mol. The summed E-state index contributed by atoms with van der Waals surface area (Å²) in [6.07, 6.45) is 3.63. The van der Waals surface area contributed by atoms with Crippen molar-refractivity contribution in [3.8, 4) is 0 Å². The minimum absolute atomic E-state index is 0.175. The van der Waals surface area contributed by atoms with Crippen molar-refractivity contribution in [2.75, 3.05) is 6.61 Å². The summed E-state index contributed by atoms with van der Waals surface area (Å²) in [5.41, 5.74) is 5.68. The van der Waals surface area contributed by atoms with Gasteiger partial charge in [-0.15, -0.1) is 0 Å². The second kappa shape index (κ2) is 5.29. The van der Waals surface area contributed by atoms with Crippen molar-refractivity contribution in [1.29, 1.82) is 0 Å². The van der Waals surface area contributed by atoms with E-state index in [1.54, 1.807) is 12.3 Å². The van der Waals surface area contributed by atoms with Crippen molar-refractivity contribution in [3.63, 3.8) is 0 Å². The maximum absolute atomic E-state index is 13.3. The van der Waals surface area contributed by atoms with Crippen LogP contribution in [0, 0.1) is 12.7 Å². The van der Waals surface area contributed by atoms with E-state index in [-0.39, 0.29) is 11.9 Å². The molecular weight excluding hydrogens is 219 g/mol. The molecule has 1 heterocycles. The van der Waals surface area contributed by atoms with Gasteiger partial charge in [-0.3, -0.25) is 5.84 Å². The van der Waals surface area contributed by atoms with Crippen LogP contribution in [-0.4, -0.2) is 6.61 Å². The third-order valence-corrected chi connectivity index (χ3v) is 3.05. The molecule has 4 heteroatoms. The molecule has 17 heavy (non-hydrogen) atoms. The molecule has 0 aromatic heterocycles. The SMILES string of the molecule is Cc1ccc(F)cc1C(NN)C1=COCCC1. The summed E-state index contributed by atoms with van der Waals surface area (Å²) in [5.74, 6) is 5.34. The third-order valence-electron chi connectivity index (χ3n) is 3.05. The van der Waals surface area contributed by atoms with Crippen LogP contribution in [0.1, 0.15) is 30.0 Å². The standard InChI is InChI=1S/C13H17FN2O/c1-9-4-5-11(14)7-12(9)13(16-15)10-3-2-6-17-8-10/h4-5,7-8,13,16H,2-3,6,15H2,1H3. The predicted molar refractivity (Wildman–Crippen MR) is 64.5 cm³/mol. The second-order valence-corrected chi connectivity index (χ2v) is 4.27. The lowest BCUT2D eigenvalue weighted by atomic mass is 9.93. The lowest BCUT2D eigenvalue weighted by Gasteiger charge is -2.24. The highest BCUT2D eigenvalue weighted by molar-refractivity contribution is 5.35. The fraction of sp³-hybridized carbons (Fsp3) is 0.385. The molecule has 1 atom stereocenters. The molecule has 1 aromatic carbocycles. The average Bonchev–Trinajstić information content (AvgIpc) is 2.36. The Hall–Kier alpha value is -1.39. The topological polar surface area (TPSA) is 47.3 Å². The molecule has 1 unspecified atom stereocenters. The Labute approximate surface area is 100 Å². The number of nitrogens with two attached hydrogens (primary N) is 1. The Morgan fingerprint density at radius 3 is 2.94 bits per heavy atom. The van der Waals surface area contributed by atoms with Gasteiger partial charge in [0.15, 0.2) is 0 Å². The lowest BCUT2D eigenvalue weighted by molar-refractivity contribution is 0.219. The molecule has 0 saturated heterocycles. The van der Waals surface area contributed by atoms with E-state index >= 15 is 0 Å². The summed E-state index contributed by atoms with van der Waals surface area (Å²) in [6.45, 7) is 2.69. The van der Waals surface area contributed by atoms with Gasteiger partial charge >= 0.3 is 0 Å². The van der Waals surface area contributed by atoms with Gasteiger partial charge < -0.3 is 4.74 Å². The number of hydrogen-bond acceptors (Lipinski definition) is 3. The summed E-state index contributed by atoms with van der Waals surface area (Å²) in [6, 6.07) is 4.57. The van der Waals surface area contributed by atoms with Gasteiger partial charge in [0.25, 0.3) is 0 Å². The molecule has 0 bridgehead atoms. The number of hydrazine groups is 1. The first kappa shape index (κ1) is 12.1. The molecule has 0 saturated carbocycles. The third kappa shape index (κ3) is 2.65. The molecule has 0 aliphatic carbocycles. The van der Waals surface area contributed by atoms with E-state index in [4.69, 9.17) is 10.6 Å². The molecule has 0 amide bonds. The van der Waals surface area contributed by atoms with Crippen LogP contribution in [0.3, 0.4) is 0 Å². The largest absolute Gasteiger partial charge is 0.501 e. The zero-order valence-electron chi connectivity index (χ0n) is 9.87. The quantitative estimate of drug-likeness (QED) is 0.625. The minimum Gasteiger partial charge on any atom is -0.501 e. The van der Waals surface area contributed by atoms with E-state index in [9.17, 15) is 4.39 Å². The fourth-order valence-corrected chi connectivity index (χ4v) is 2.12. The van der Waals surface area contributed by atoms with Gasteiger partial charge in [0.1, 0.15) is 5.82 Å². The highest BCUT2D eigenvalue weighted by Crippen LogP contribution is 2.29. The maximum atomic E-state index is 13.3. The van der Waals surface area contributed by atoms with Crippen LogP contribution in [0.5, 0.6) is 0 Å². The van der Waals surface area contributed by atoms with E-state index in [0.717, 1.165) is 36.1 Å². The number of rotatable bonds is 3. The van der Waals surface area contributed by atoms with Crippen LogP contribution in [-0.2, 0) is 4.74 Å². The van der Waals surface area contributed by atoms with Crippen LogP contribution >= 0.6 is 0 Å². The van der Waals surface area contributed by atoms with Crippen molar-refractivity contribution in [2.24, 2.45) is 5.84 Å². The van der Waals surface area contributed by atoms with Gasteiger partial charge in [0.2, 0.25) is 0 Å². The highest BCUT2D eigenvalue weighted by atomic mass is 19.1. The van der Waals surface area contributed by atoms with Crippen molar-refractivity contribution < 1.29 is 9.13 Å². The summed E-state index contributed by atoms with van der Waals surface area (Å²) < 4.78 is 18.6. The van der Waals surface area contributed by atoms with Crippen molar-refractivity contribution in [2.45, 2.75) is 25.8 Å². The normalized spacial score (nSPS) is 17.2. The van der Waals surface area contributed by atoms with E-state index in [1.807, 2.05) is 6.92 Å². The number of ether oxygens (including phenoxy) is 1. The maximum Gasteiger partial charge on any atom is 0.123 e. The van der Waals surface area contributed by atoms with Crippen LogP contribution in [0.2, 0.25) is 0 Å². The zero-order chi connectivity index (χ0) is 12.3. The number of nitrogens with one attached hydrogen (secondary N) is 1. The summed E-state index contributed by atoms with van der Waals surface area (Å²) in [5, 5.41) is 0. The second-order valence-electron chi connectivity index (χ2n) is 4.27. The molecule has 0 radical (unpaired) electrons. The molecule has 1 aliphatic heterocycles. The van der Waals surface area contributed by atoms with E-state index in [2.05, 4.69) is 5.43 Å². The van der Waals surface area contributed by atoms with Crippen LogP contribution in [0.15, 0.2) is 30.0 Å². The molecular formula is C13H17FN2O. The first-order valence-corrected chi connectivity index (χ1v) is 5.75. The Morgan fingerprint density at radius 2 is 2.29 bits per heavy atom. The predicted octanol–water partition coefficient (Wildman–Crippen LogP) is 2.33. The Balaban J connectivity index is 2.34. The molecule has 1 aliphatic rings. The minimum atomic E-state index is -0.247. The smallest absolute Gasteiger partial charge is 0.123 e. The fourth-order valence-electron chi connectivity index (χ4n) is 2.12. The van der Waals surface area contributed by atoms with Crippen LogP contribution in [0.25, 0.3) is 0 Å². The van der Waals surface area contributed by atoms with Crippen molar-refractivity contribution in [3.05, 3.63) is 47.0 Å². The number of halogens is 1. The summed E-state index contributed by atoms with van der Waals surface area (Å²) >= 11 is 0. The van der Waals surface area contributed by atoms with Gasteiger partial charge in [-0.1, -0.05) is 6.07 Å². The molecule has 3 nitrogen and oxygen atoms in total. The van der Waals surface area contributed by atoms with Crippen LogP contribution in [0.4, 0.5) is 4.39 Å². The van der Waals surface area contributed by atoms with E-state index in [1.165, 1.54) is 12.1 Å². The van der Waals surface area contributed by atoms with Gasteiger partial charge in [0.05, 0.1) is 18.9 Å². The summed E-state index contributed by atoms with van der Waals surface area (Å²) in [7, 11) is 0. The number of aryl methyl sites for hydroxylation is 1. The molecule has 3 N–H and O–H groups in total. The molecule has 0 spiro atoms. The van der Waals surface area contributed by atoms with Crippen molar-refractivity contribution in [1.82, 2.24) is 5.43 Å². The molecule has 1 aromatic rings. The first-order valence-electron chi connectivity index (χ1n) is 5.75. The Kier molecular flexibility index (Phi) is 3.76. The zero-order valence-corrected chi connectivity index (χ0v) is 9.87. The van der Waals surface area contributed by atoms with Gasteiger partial charge in [-0.05, 0) is 48.6 Å². The molecule has 92 valence electrons. The molecule has 0 fully saturated rings. The Morgan fingerprint density at radius 1 is 1.47 bits per heavy atom. The van der Waals surface area contributed by atoms with Gasteiger partial charge in [0, 0.05) is 0 Å². The van der Waals surface area contributed by atoms with Crippen LogP contribution < -0.4 is 11.3 Å². The molecule has 2 rings (SSSR count). The van der Waals surface area contributed by atoms with Gasteiger partial charge in [-0.25, -0.2) is 9.82 Å². The highest BCUT2D eigenvalue weighted by Gasteiger charge is 2.19. The van der Waals surface area contributed by atoms with E-state index < -0.39 is 0 Å². The average molecular weight is 236 g/mol. The Bertz CT molecular complexity index is 431.